The number of pyridine rings is 1. The van der Waals surface area contributed by atoms with Gasteiger partial charge < -0.3 is 4.74 Å². The molecule has 1 heterocycles. The molecule has 1 atom stereocenters. The molecular formula is C15H18BrN3O. The Balaban J connectivity index is 2.23. The molecule has 0 radical (unpaired) electrons. The normalized spacial score (nSPS) is 12.2. The molecule has 0 aliphatic heterocycles. The van der Waals surface area contributed by atoms with Crippen molar-refractivity contribution in [2.24, 2.45) is 5.84 Å². The van der Waals surface area contributed by atoms with E-state index in [-0.39, 0.29) is 6.04 Å². The fraction of sp³-hybridized carbons (Fsp3) is 0.267. The van der Waals surface area contributed by atoms with Crippen LogP contribution in [0.1, 0.15) is 22.9 Å². The third-order valence-electron chi connectivity index (χ3n) is 3.24. The molecule has 2 rings (SSSR count). The summed E-state index contributed by atoms with van der Waals surface area (Å²) in [6.45, 7) is 2.04. The maximum absolute atomic E-state index is 5.69. The molecular weight excluding hydrogens is 318 g/mol. The molecule has 20 heavy (non-hydrogen) atoms. The second kappa shape index (κ2) is 6.83. The average molecular weight is 336 g/mol. The summed E-state index contributed by atoms with van der Waals surface area (Å²) < 4.78 is 6.17. The van der Waals surface area contributed by atoms with Crippen LogP contribution in [-0.2, 0) is 6.42 Å². The minimum Gasteiger partial charge on any atom is -0.496 e. The fourth-order valence-electron chi connectivity index (χ4n) is 2.17. The lowest BCUT2D eigenvalue weighted by atomic mass is 10.0. The first-order valence-corrected chi connectivity index (χ1v) is 7.15. The summed E-state index contributed by atoms with van der Waals surface area (Å²) in [7, 11) is 1.65. The van der Waals surface area contributed by atoms with E-state index < -0.39 is 0 Å². The molecule has 5 heteroatoms. The van der Waals surface area contributed by atoms with Crippen LogP contribution >= 0.6 is 15.9 Å². The van der Waals surface area contributed by atoms with Crippen LogP contribution < -0.4 is 16.0 Å². The Morgan fingerprint density at radius 2 is 2.20 bits per heavy atom. The number of aromatic nitrogens is 1. The van der Waals surface area contributed by atoms with Crippen LogP contribution in [0.25, 0.3) is 0 Å². The van der Waals surface area contributed by atoms with Gasteiger partial charge in [-0.2, -0.15) is 0 Å². The molecule has 0 aliphatic carbocycles. The van der Waals surface area contributed by atoms with Crippen molar-refractivity contribution in [3.63, 3.8) is 0 Å². The zero-order chi connectivity index (χ0) is 14.5. The van der Waals surface area contributed by atoms with Crippen LogP contribution in [0.4, 0.5) is 0 Å². The number of ether oxygens (including phenoxy) is 1. The van der Waals surface area contributed by atoms with E-state index in [0.29, 0.717) is 0 Å². The maximum Gasteiger partial charge on any atom is 0.133 e. The van der Waals surface area contributed by atoms with Gasteiger partial charge in [0.1, 0.15) is 5.75 Å². The van der Waals surface area contributed by atoms with Crippen LogP contribution in [0, 0.1) is 6.92 Å². The molecule has 1 aromatic carbocycles. The zero-order valence-electron chi connectivity index (χ0n) is 11.6. The Morgan fingerprint density at radius 1 is 1.40 bits per heavy atom. The molecule has 3 N–H and O–H groups in total. The molecule has 0 saturated carbocycles. The molecule has 0 spiro atoms. The molecule has 0 aliphatic rings. The van der Waals surface area contributed by atoms with Crippen molar-refractivity contribution in [2.75, 3.05) is 7.11 Å². The molecule has 0 amide bonds. The zero-order valence-corrected chi connectivity index (χ0v) is 13.1. The molecule has 106 valence electrons. The quantitative estimate of drug-likeness (QED) is 0.651. The highest BCUT2D eigenvalue weighted by Crippen LogP contribution is 2.27. The van der Waals surface area contributed by atoms with E-state index in [0.717, 1.165) is 33.5 Å². The number of methoxy groups -OCH3 is 1. The van der Waals surface area contributed by atoms with Gasteiger partial charge in [-0.15, -0.1) is 0 Å². The number of rotatable bonds is 5. The number of aryl methyl sites for hydroxylation is 1. The number of hydrogen-bond donors (Lipinski definition) is 2. The van der Waals surface area contributed by atoms with Gasteiger partial charge in [0.25, 0.3) is 0 Å². The third kappa shape index (κ3) is 3.36. The third-order valence-corrected chi connectivity index (χ3v) is 3.86. The van der Waals surface area contributed by atoms with E-state index in [1.165, 1.54) is 0 Å². The largest absolute Gasteiger partial charge is 0.496 e. The minimum absolute atomic E-state index is 0.0171. The first-order chi connectivity index (χ1) is 9.65. The lowest BCUT2D eigenvalue weighted by molar-refractivity contribution is 0.412. The van der Waals surface area contributed by atoms with Gasteiger partial charge >= 0.3 is 0 Å². The van der Waals surface area contributed by atoms with E-state index >= 15 is 0 Å². The fourth-order valence-corrected chi connectivity index (χ4v) is 2.76. The van der Waals surface area contributed by atoms with E-state index in [1.807, 2.05) is 37.3 Å². The Bertz CT molecular complexity index is 589. The summed E-state index contributed by atoms with van der Waals surface area (Å²) in [4.78, 5) is 4.42. The molecule has 4 nitrogen and oxygen atoms in total. The maximum atomic E-state index is 5.69. The van der Waals surface area contributed by atoms with Crippen LogP contribution in [0.3, 0.4) is 0 Å². The lowest BCUT2D eigenvalue weighted by Gasteiger charge is -2.18. The van der Waals surface area contributed by atoms with Crippen molar-refractivity contribution in [2.45, 2.75) is 19.4 Å². The molecule has 1 aromatic heterocycles. The summed E-state index contributed by atoms with van der Waals surface area (Å²) in [6, 6.07) is 9.97. The number of benzene rings is 1. The van der Waals surface area contributed by atoms with Gasteiger partial charge in [0, 0.05) is 6.20 Å². The predicted molar refractivity (Wildman–Crippen MR) is 83.4 cm³/mol. The van der Waals surface area contributed by atoms with Gasteiger partial charge in [-0.05, 0) is 58.6 Å². The lowest BCUT2D eigenvalue weighted by Crippen LogP contribution is -2.30. The van der Waals surface area contributed by atoms with Crippen LogP contribution in [0.5, 0.6) is 5.75 Å². The summed E-state index contributed by atoms with van der Waals surface area (Å²) >= 11 is 3.50. The van der Waals surface area contributed by atoms with Crippen LogP contribution in [-0.4, -0.2) is 12.1 Å². The molecule has 1 unspecified atom stereocenters. The smallest absolute Gasteiger partial charge is 0.133 e. The Kier molecular flexibility index (Phi) is 5.11. The Labute approximate surface area is 127 Å². The van der Waals surface area contributed by atoms with Crippen molar-refractivity contribution in [3.05, 3.63) is 57.8 Å². The predicted octanol–water partition coefficient (Wildman–Crippen LogP) is 2.91. The van der Waals surface area contributed by atoms with E-state index in [1.54, 1.807) is 13.3 Å². The van der Waals surface area contributed by atoms with Crippen molar-refractivity contribution in [1.82, 2.24) is 10.4 Å². The summed E-state index contributed by atoms with van der Waals surface area (Å²) in [6.07, 6.45) is 2.55. The molecule has 2 aromatic rings. The number of hydrazine groups is 1. The summed E-state index contributed by atoms with van der Waals surface area (Å²) in [5.41, 5.74) is 6.11. The standard InChI is InChI=1S/C15H18BrN3O/c1-10-4-3-7-18-15(10)13(19-17)9-11-5-6-14(20-2)12(16)8-11/h3-8,13,19H,9,17H2,1-2H3. The highest BCUT2D eigenvalue weighted by atomic mass is 79.9. The van der Waals surface area contributed by atoms with Gasteiger partial charge in [0.05, 0.1) is 23.3 Å². The van der Waals surface area contributed by atoms with E-state index in [9.17, 15) is 0 Å². The average Bonchev–Trinajstić information content (AvgIpc) is 2.46. The van der Waals surface area contributed by atoms with Crippen LogP contribution in [0.15, 0.2) is 41.0 Å². The molecule has 0 fully saturated rings. The van der Waals surface area contributed by atoms with Crippen LogP contribution in [0.2, 0.25) is 0 Å². The van der Waals surface area contributed by atoms with Crippen molar-refractivity contribution in [1.29, 1.82) is 0 Å². The highest BCUT2D eigenvalue weighted by molar-refractivity contribution is 9.10. The van der Waals surface area contributed by atoms with Gasteiger partial charge in [-0.1, -0.05) is 12.1 Å². The minimum atomic E-state index is -0.0171. The van der Waals surface area contributed by atoms with E-state index in [2.05, 4.69) is 26.3 Å². The van der Waals surface area contributed by atoms with Crippen molar-refractivity contribution in [3.8, 4) is 5.75 Å². The number of hydrogen-bond acceptors (Lipinski definition) is 4. The number of nitrogens with one attached hydrogen (secondary N) is 1. The Hall–Kier alpha value is -1.43. The first-order valence-electron chi connectivity index (χ1n) is 6.35. The Morgan fingerprint density at radius 3 is 2.80 bits per heavy atom. The van der Waals surface area contributed by atoms with Crippen molar-refractivity contribution >= 4 is 15.9 Å². The second-order valence-electron chi connectivity index (χ2n) is 4.60. The molecule has 0 saturated heterocycles. The van der Waals surface area contributed by atoms with Crippen molar-refractivity contribution < 1.29 is 4.74 Å². The number of nitrogens with two attached hydrogens (primary N) is 1. The first kappa shape index (κ1) is 15.0. The second-order valence-corrected chi connectivity index (χ2v) is 5.45. The van der Waals surface area contributed by atoms with Gasteiger partial charge in [0.2, 0.25) is 0 Å². The monoisotopic (exact) mass is 335 g/mol. The molecule has 0 bridgehead atoms. The number of halogens is 1. The summed E-state index contributed by atoms with van der Waals surface area (Å²) in [5, 5.41) is 0. The van der Waals surface area contributed by atoms with Gasteiger partial charge in [0.15, 0.2) is 0 Å². The van der Waals surface area contributed by atoms with E-state index in [4.69, 9.17) is 10.6 Å². The SMILES string of the molecule is COc1ccc(CC(NN)c2ncccc2C)cc1Br. The highest BCUT2D eigenvalue weighted by Gasteiger charge is 2.15. The topological polar surface area (TPSA) is 60.2 Å². The van der Waals surface area contributed by atoms with Gasteiger partial charge in [-0.3, -0.25) is 16.3 Å². The van der Waals surface area contributed by atoms with Gasteiger partial charge in [-0.25, -0.2) is 0 Å². The number of nitrogens with zero attached hydrogens (tertiary/aromatic N) is 1. The summed E-state index contributed by atoms with van der Waals surface area (Å²) in [5.74, 6) is 6.51.